The molecule has 1 unspecified atom stereocenters. The van der Waals surface area contributed by atoms with Gasteiger partial charge < -0.3 is 19.7 Å². The summed E-state index contributed by atoms with van der Waals surface area (Å²) in [7, 11) is 1.86. The number of hydrogen-bond donors (Lipinski definition) is 1. The number of rotatable bonds is 5. The molecule has 2 aliphatic rings. The Balaban J connectivity index is 1.50. The third-order valence-electron chi connectivity index (χ3n) is 5.09. The van der Waals surface area contributed by atoms with Crippen molar-refractivity contribution in [3.8, 4) is 5.75 Å². The monoisotopic (exact) mass is 345 g/mol. The van der Waals surface area contributed by atoms with Crippen molar-refractivity contribution in [3.05, 3.63) is 29.8 Å². The second-order valence-corrected chi connectivity index (χ2v) is 7.72. The van der Waals surface area contributed by atoms with Gasteiger partial charge in [0.1, 0.15) is 5.75 Å². The van der Waals surface area contributed by atoms with Gasteiger partial charge in [0.15, 0.2) is 5.96 Å². The molecule has 5 nitrogen and oxygen atoms in total. The maximum atomic E-state index is 5.74. The van der Waals surface area contributed by atoms with Crippen LogP contribution in [0.5, 0.6) is 5.75 Å². The summed E-state index contributed by atoms with van der Waals surface area (Å²) in [6.07, 6.45) is 2.38. The van der Waals surface area contributed by atoms with Gasteiger partial charge in [-0.1, -0.05) is 26.0 Å². The average Bonchev–Trinajstić information content (AvgIpc) is 3.25. The van der Waals surface area contributed by atoms with Crippen LogP contribution in [0.15, 0.2) is 29.3 Å². The number of hydrogen-bond acceptors (Lipinski definition) is 3. The van der Waals surface area contributed by atoms with Crippen LogP contribution in [-0.4, -0.2) is 50.8 Å². The summed E-state index contributed by atoms with van der Waals surface area (Å²) in [6, 6.07) is 8.32. The number of nitrogens with one attached hydrogen (secondary N) is 1. The molecular weight excluding hydrogens is 314 g/mol. The Labute approximate surface area is 151 Å². The predicted molar refractivity (Wildman–Crippen MR) is 101 cm³/mol. The van der Waals surface area contributed by atoms with Gasteiger partial charge in [0.25, 0.3) is 0 Å². The smallest absolute Gasteiger partial charge is 0.193 e. The van der Waals surface area contributed by atoms with E-state index in [1.165, 1.54) is 18.4 Å². The number of benzene rings is 1. The van der Waals surface area contributed by atoms with Gasteiger partial charge in [-0.05, 0) is 36.5 Å². The highest BCUT2D eigenvalue weighted by atomic mass is 16.5. The lowest BCUT2D eigenvalue weighted by Crippen LogP contribution is -2.41. The van der Waals surface area contributed by atoms with Crippen LogP contribution < -0.4 is 10.1 Å². The van der Waals surface area contributed by atoms with E-state index < -0.39 is 0 Å². The molecule has 0 aliphatic carbocycles. The summed E-state index contributed by atoms with van der Waals surface area (Å²) in [5.74, 6) is 2.46. The lowest BCUT2D eigenvalue weighted by molar-refractivity contribution is 0.156. The number of ether oxygens (including phenoxy) is 2. The highest BCUT2D eigenvalue weighted by Gasteiger charge is 2.42. The summed E-state index contributed by atoms with van der Waals surface area (Å²) >= 11 is 0. The van der Waals surface area contributed by atoms with E-state index in [2.05, 4.69) is 41.2 Å². The van der Waals surface area contributed by atoms with Gasteiger partial charge in [0.2, 0.25) is 0 Å². The molecule has 0 radical (unpaired) electrons. The maximum Gasteiger partial charge on any atom is 0.193 e. The fraction of sp³-hybridized carbons (Fsp3) is 0.650. The normalized spacial score (nSPS) is 23.7. The molecule has 138 valence electrons. The molecule has 2 aliphatic heterocycles. The first kappa shape index (κ1) is 18.1. The van der Waals surface area contributed by atoms with E-state index in [4.69, 9.17) is 9.47 Å². The van der Waals surface area contributed by atoms with Crippen LogP contribution in [0.1, 0.15) is 32.3 Å². The van der Waals surface area contributed by atoms with Crippen molar-refractivity contribution in [1.29, 1.82) is 0 Å². The van der Waals surface area contributed by atoms with Gasteiger partial charge in [0.05, 0.1) is 13.2 Å². The third-order valence-corrected chi connectivity index (χ3v) is 5.09. The first-order chi connectivity index (χ1) is 12.1. The molecule has 5 heteroatoms. The van der Waals surface area contributed by atoms with Crippen molar-refractivity contribution in [3.63, 3.8) is 0 Å². The van der Waals surface area contributed by atoms with Crippen molar-refractivity contribution >= 4 is 5.96 Å². The van der Waals surface area contributed by atoms with E-state index in [1.54, 1.807) is 0 Å². The Morgan fingerprint density at radius 1 is 1.32 bits per heavy atom. The van der Waals surface area contributed by atoms with Gasteiger partial charge in [-0.15, -0.1) is 0 Å². The van der Waals surface area contributed by atoms with Crippen LogP contribution in [0.2, 0.25) is 0 Å². The Hall–Kier alpha value is -1.75. The first-order valence-electron chi connectivity index (χ1n) is 9.35. The lowest BCUT2D eigenvalue weighted by Gasteiger charge is -2.25. The molecule has 1 N–H and O–H groups in total. The van der Waals surface area contributed by atoms with E-state index in [-0.39, 0.29) is 0 Å². The van der Waals surface area contributed by atoms with Gasteiger partial charge in [-0.3, -0.25) is 4.99 Å². The van der Waals surface area contributed by atoms with E-state index in [9.17, 15) is 0 Å². The molecule has 2 fully saturated rings. The van der Waals surface area contributed by atoms with Gasteiger partial charge in [-0.25, -0.2) is 0 Å². The van der Waals surface area contributed by atoms with Crippen LogP contribution in [0.3, 0.4) is 0 Å². The Morgan fingerprint density at radius 3 is 2.76 bits per heavy atom. The molecule has 0 aromatic heterocycles. The van der Waals surface area contributed by atoms with E-state index in [0.29, 0.717) is 11.3 Å². The maximum absolute atomic E-state index is 5.74. The minimum atomic E-state index is 0.354. The molecule has 1 aromatic rings. The van der Waals surface area contributed by atoms with Gasteiger partial charge in [0, 0.05) is 38.7 Å². The summed E-state index contributed by atoms with van der Waals surface area (Å²) < 4.78 is 11.4. The molecule has 2 heterocycles. The summed E-state index contributed by atoms with van der Waals surface area (Å²) in [6.45, 7) is 9.76. The Bertz CT molecular complexity index is 577. The van der Waals surface area contributed by atoms with E-state index in [0.717, 1.165) is 51.2 Å². The van der Waals surface area contributed by atoms with Crippen LogP contribution in [-0.2, 0) is 11.3 Å². The van der Waals surface area contributed by atoms with Crippen LogP contribution >= 0.6 is 0 Å². The minimum absolute atomic E-state index is 0.354. The van der Waals surface area contributed by atoms with Gasteiger partial charge >= 0.3 is 0 Å². The second kappa shape index (κ2) is 8.09. The zero-order valence-electron chi connectivity index (χ0n) is 15.8. The molecule has 1 spiro atoms. The third kappa shape index (κ3) is 4.66. The van der Waals surface area contributed by atoms with E-state index in [1.807, 2.05) is 19.2 Å². The Morgan fingerprint density at radius 2 is 2.12 bits per heavy atom. The molecule has 3 rings (SSSR count). The number of nitrogens with zero attached hydrogens (tertiary/aromatic N) is 2. The zero-order chi connectivity index (χ0) is 17.7. The van der Waals surface area contributed by atoms with E-state index >= 15 is 0 Å². The van der Waals surface area contributed by atoms with Gasteiger partial charge in [-0.2, -0.15) is 0 Å². The lowest BCUT2D eigenvalue weighted by atomic mass is 9.87. The standard InChI is InChI=1S/C20H31N3O2/c1-16(2)13-25-18-6-4-17(5-7-18)12-22-19(21-3)23-10-8-20(14-23)9-11-24-15-20/h4-7,16H,8-15H2,1-3H3,(H,21,22). The highest BCUT2D eigenvalue weighted by molar-refractivity contribution is 5.80. The molecule has 2 saturated heterocycles. The molecule has 0 bridgehead atoms. The molecule has 0 amide bonds. The van der Waals surface area contributed by atoms with Crippen molar-refractivity contribution in [2.75, 3.05) is 40.0 Å². The largest absolute Gasteiger partial charge is 0.493 e. The SMILES string of the molecule is CN=C(NCc1ccc(OCC(C)C)cc1)N1CCC2(CCOC2)C1. The Kier molecular flexibility index (Phi) is 5.84. The number of aliphatic imine (C=N–C) groups is 1. The van der Waals surface area contributed by atoms with Crippen molar-refractivity contribution in [2.45, 2.75) is 33.2 Å². The fourth-order valence-electron chi connectivity index (χ4n) is 3.57. The van der Waals surface area contributed by atoms with Crippen LogP contribution in [0, 0.1) is 11.3 Å². The predicted octanol–water partition coefficient (Wildman–Crippen LogP) is 2.91. The summed E-state index contributed by atoms with van der Waals surface area (Å²) in [5, 5.41) is 3.50. The van der Waals surface area contributed by atoms with Crippen molar-refractivity contribution in [1.82, 2.24) is 10.2 Å². The molecule has 0 saturated carbocycles. The minimum Gasteiger partial charge on any atom is -0.493 e. The molecule has 1 atom stereocenters. The summed E-state index contributed by atoms with van der Waals surface area (Å²) in [5.41, 5.74) is 1.59. The molecule has 1 aromatic carbocycles. The van der Waals surface area contributed by atoms with Crippen molar-refractivity contribution in [2.24, 2.45) is 16.3 Å². The topological polar surface area (TPSA) is 46.1 Å². The second-order valence-electron chi connectivity index (χ2n) is 7.72. The quantitative estimate of drug-likeness (QED) is 0.658. The zero-order valence-corrected chi connectivity index (χ0v) is 15.8. The first-order valence-corrected chi connectivity index (χ1v) is 9.35. The highest BCUT2D eigenvalue weighted by Crippen LogP contribution is 2.38. The van der Waals surface area contributed by atoms with Crippen LogP contribution in [0.4, 0.5) is 0 Å². The molecule has 25 heavy (non-hydrogen) atoms. The number of guanidine groups is 1. The molecular formula is C20H31N3O2. The fourth-order valence-corrected chi connectivity index (χ4v) is 3.57. The summed E-state index contributed by atoms with van der Waals surface area (Å²) in [4.78, 5) is 6.84. The average molecular weight is 345 g/mol. The number of likely N-dealkylation sites (tertiary alicyclic amines) is 1. The van der Waals surface area contributed by atoms with Crippen LogP contribution in [0.25, 0.3) is 0 Å². The van der Waals surface area contributed by atoms with Crippen molar-refractivity contribution < 1.29 is 9.47 Å².